The lowest BCUT2D eigenvalue weighted by atomic mass is 10.0. The van der Waals surface area contributed by atoms with Crippen molar-refractivity contribution in [1.82, 2.24) is 9.80 Å². The van der Waals surface area contributed by atoms with Crippen LogP contribution in [0.4, 0.5) is 0 Å². The number of ketones is 1. The number of hydrogen-bond acceptors (Lipinski definition) is 5. The van der Waals surface area contributed by atoms with Crippen LogP contribution < -0.4 is 0 Å². The number of hydrogen-bond donors (Lipinski definition) is 0. The van der Waals surface area contributed by atoms with E-state index in [0.717, 1.165) is 6.42 Å². The second-order valence-electron chi connectivity index (χ2n) is 8.18. The molecule has 1 aromatic carbocycles. The molecule has 1 rings (SSSR count). The first kappa shape index (κ1) is 23.8. The Morgan fingerprint density at radius 2 is 1.57 bits per heavy atom. The minimum absolute atomic E-state index is 0.0687. The number of amides is 1. The van der Waals surface area contributed by atoms with E-state index >= 15 is 0 Å². The average molecular weight is 391 g/mol. The third kappa shape index (κ3) is 9.13. The van der Waals surface area contributed by atoms with Gasteiger partial charge < -0.3 is 14.5 Å². The van der Waals surface area contributed by atoms with Gasteiger partial charge in [0, 0.05) is 31.5 Å². The summed E-state index contributed by atoms with van der Waals surface area (Å²) in [7, 11) is 3.80. The summed E-state index contributed by atoms with van der Waals surface area (Å²) in [5.41, 5.74) is 1.17. The number of nitrogens with zero attached hydrogens (tertiary/aromatic N) is 2. The summed E-state index contributed by atoms with van der Waals surface area (Å²) in [5.74, 6) is -0.729. The fourth-order valence-electron chi connectivity index (χ4n) is 2.59. The summed E-state index contributed by atoms with van der Waals surface area (Å²) in [6.45, 7) is 8.36. The lowest BCUT2D eigenvalue weighted by Crippen LogP contribution is -2.42. The minimum atomic E-state index is -0.603. The fourth-order valence-corrected chi connectivity index (χ4v) is 2.59. The number of esters is 1. The number of rotatable bonds is 10. The van der Waals surface area contributed by atoms with Crippen LogP contribution in [0.1, 0.15) is 56.5 Å². The number of carbonyl (C=O) groups excluding carboxylic acids is 3. The Morgan fingerprint density at radius 1 is 0.964 bits per heavy atom. The summed E-state index contributed by atoms with van der Waals surface area (Å²) in [6.07, 6.45) is 1.11. The largest absolute Gasteiger partial charge is 0.459 e. The molecule has 6 heteroatoms. The van der Waals surface area contributed by atoms with Gasteiger partial charge in [-0.1, -0.05) is 31.2 Å². The Kier molecular flexibility index (Phi) is 9.32. The molecule has 156 valence electrons. The summed E-state index contributed by atoms with van der Waals surface area (Å²) in [6, 6.07) is 7.47. The van der Waals surface area contributed by atoms with Gasteiger partial charge in [-0.3, -0.25) is 14.4 Å². The van der Waals surface area contributed by atoms with Crippen LogP contribution in [0.15, 0.2) is 24.3 Å². The van der Waals surface area contributed by atoms with Crippen molar-refractivity contribution in [1.29, 1.82) is 0 Å². The molecule has 0 fully saturated rings. The van der Waals surface area contributed by atoms with Gasteiger partial charge in [-0.2, -0.15) is 0 Å². The highest BCUT2D eigenvalue weighted by molar-refractivity contribution is 5.98. The maximum Gasteiger partial charge on any atom is 0.326 e. The number of Topliss-reactive ketones (excluding diaryl/α,β-unsaturated/α-hetero) is 1. The second-order valence-corrected chi connectivity index (χ2v) is 8.18. The average Bonchev–Trinajstić information content (AvgIpc) is 2.61. The normalized spacial score (nSPS) is 11.4. The quantitative estimate of drug-likeness (QED) is 0.454. The highest BCUT2D eigenvalue weighted by Crippen LogP contribution is 2.11. The Balaban J connectivity index is 2.68. The van der Waals surface area contributed by atoms with Gasteiger partial charge in [-0.05, 0) is 46.9 Å². The molecule has 0 radical (unpaired) electrons. The summed E-state index contributed by atoms with van der Waals surface area (Å²) in [5, 5.41) is 0. The zero-order chi connectivity index (χ0) is 21.3. The van der Waals surface area contributed by atoms with Crippen molar-refractivity contribution in [3.63, 3.8) is 0 Å². The molecule has 6 nitrogen and oxygen atoms in total. The molecule has 0 bridgehead atoms. The molecule has 28 heavy (non-hydrogen) atoms. The van der Waals surface area contributed by atoms with E-state index in [2.05, 4.69) is 6.92 Å². The van der Waals surface area contributed by atoms with E-state index in [4.69, 9.17) is 4.74 Å². The number of aryl methyl sites for hydroxylation is 1. The Morgan fingerprint density at radius 3 is 2.07 bits per heavy atom. The molecule has 0 saturated heterocycles. The van der Waals surface area contributed by atoms with Crippen LogP contribution in [0.5, 0.6) is 0 Å². The Bertz CT molecular complexity index is 660. The maximum atomic E-state index is 12.6. The van der Waals surface area contributed by atoms with Crippen molar-refractivity contribution in [2.75, 3.05) is 33.7 Å². The molecule has 0 aromatic heterocycles. The van der Waals surface area contributed by atoms with Gasteiger partial charge >= 0.3 is 5.97 Å². The number of benzene rings is 1. The molecule has 0 unspecified atom stereocenters. The molecule has 1 amide bonds. The van der Waals surface area contributed by atoms with Crippen LogP contribution in [0, 0.1) is 0 Å². The van der Waals surface area contributed by atoms with Crippen molar-refractivity contribution in [3.05, 3.63) is 35.4 Å². The van der Waals surface area contributed by atoms with Crippen molar-refractivity contribution in [2.24, 2.45) is 0 Å². The Hall–Kier alpha value is -2.21. The van der Waals surface area contributed by atoms with E-state index < -0.39 is 11.6 Å². The van der Waals surface area contributed by atoms with E-state index in [0.29, 0.717) is 18.7 Å². The molecule has 0 spiro atoms. The zero-order valence-electron chi connectivity index (χ0n) is 18.1. The highest BCUT2D eigenvalue weighted by atomic mass is 16.6. The van der Waals surface area contributed by atoms with Crippen molar-refractivity contribution in [3.8, 4) is 0 Å². The first-order chi connectivity index (χ1) is 13.0. The van der Waals surface area contributed by atoms with Crippen LogP contribution >= 0.6 is 0 Å². The Labute approximate surface area is 168 Å². The van der Waals surface area contributed by atoms with Crippen molar-refractivity contribution < 1.29 is 19.1 Å². The zero-order valence-corrected chi connectivity index (χ0v) is 18.1. The van der Waals surface area contributed by atoms with E-state index in [1.54, 1.807) is 32.9 Å². The molecule has 1 aromatic rings. The number of ether oxygens (including phenoxy) is 1. The predicted octanol–water partition coefficient (Wildman–Crippen LogP) is 2.94. The first-order valence-corrected chi connectivity index (χ1v) is 9.78. The van der Waals surface area contributed by atoms with Gasteiger partial charge in [0.25, 0.3) is 0 Å². The van der Waals surface area contributed by atoms with Gasteiger partial charge in [0.1, 0.15) is 12.1 Å². The van der Waals surface area contributed by atoms with Gasteiger partial charge in [0.05, 0.1) is 0 Å². The third-order valence-corrected chi connectivity index (χ3v) is 4.16. The molecule has 0 aliphatic carbocycles. The standard InChI is InChI=1S/C22H34N2O4/c1-7-17-8-10-18(11-9-17)19(25)12-13-20(26)24(15-14-23(5)6)16-21(27)28-22(2,3)4/h8-11H,7,12-16H2,1-6H3. The van der Waals surface area contributed by atoms with E-state index in [1.807, 2.05) is 31.1 Å². The van der Waals surface area contributed by atoms with Gasteiger partial charge in [0.15, 0.2) is 5.78 Å². The smallest absolute Gasteiger partial charge is 0.326 e. The van der Waals surface area contributed by atoms with Gasteiger partial charge in [-0.25, -0.2) is 0 Å². The van der Waals surface area contributed by atoms with Crippen LogP contribution in [-0.4, -0.2) is 66.8 Å². The lowest BCUT2D eigenvalue weighted by Gasteiger charge is -2.26. The molecule has 0 heterocycles. The van der Waals surface area contributed by atoms with Crippen LogP contribution in [0.2, 0.25) is 0 Å². The molecule has 0 aliphatic rings. The predicted molar refractivity (Wildman–Crippen MR) is 110 cm³/mol. The SMILES string of the molecule is CCc1ccc(C(=O)CCC(=O)N(CCN(C)C)CC(=O)OC(C)(C)C)cc1. The maximum absolute atomic E-state index is 12.6. The summed E-state index contributed by atoms with van der Waals surface area (Å²) < 4.78 is 5.33. The van der Waals surface area contributed by atoms with Gasteiger partial charge in [0.2, 0.25) is 5.91 Å². The molecule has 0 N–H and O–H groups in total. The van der Waals surface area contributed by atoms with E-state index in [1.165, 1.54) is 10.5 Å². The molecular weight excluding hydrogens is 356 g/mol. The first-order valence-electron chi connectivity index (χ1n) is 9.78. The van der Waals surface area contributed by atoms with E-state index in [-0.39, 0.29) is 31.1 Å². The monoisotopic (exact) mass is 390 g/mol. The molecular formula is C22H34N2O4. The second kappa shape index (κ2) is 11.0. The van der Waals surface area contributed by atoms with Crippen molar-refractivity contribution in [2.45, 2.75) is 52.6 Å². The number of carbonyl (C=O) groups is 3. The lowest BCUT2D eigenvalue weighted by molar-refractivity contribution is -0.159. The summed E-state index contributed by atoms with van der Waals surface area (Å²) >= 11 is 0. The summed E-state index contributed by atoms with van der Waals surface area (Å²) in [4.78, 5) is 40.6. The van der Waals surface area contributed by atoms with Crippen LogP contribution in [-0.2, 0) is 20.7 Å². The van der Waals surface area contributed by atoms with Crippen LogP contribution in [0.3, 0.4) is 0 Å². The number of likely N-dealkylation sites (N-methyl/N-ethyl adjacent to an activating group) is 1. The molecule has 0 atom stereocenters. The minimum Gasteiger partial charge on any atom is -0.459 e. The third-order valence-electron chi connectivity index (χ3n) is 4.16. The highest BCUT2D eigenvalue weighted by Gasteiger charge is 2.22. The van der Waals surface area contributed by atoms with Crippen molar-refractivity contribution >= 4 is 17.7 Å². The fraction of sp³-hybridized carbons (Fsp3) is 0.591. The van der Waals surface area contributed by atoms with Crippen LogP contribution in [0.25, 0.3) is 0 Å². The van der Waals surface area contributed by atoms with E-state index in [9.17, 15) is 14.4 Å². The van der Waals surface area contributed by atoms with Gasteiger partial charge in [-0.15, -0.1) is 0 Å². The molecule has 0 saturated carbocycles. The topological polar surface area (TPSA) is 66.9 Å². The molecule has 0 aliphatic heterocycles.